The van der Waals surface area contributed by atoms with Crippen LogP contribution in [0.25, 0.3) is 0 Å². The quantitative estimate of drug-likeness (QED) is 0.945. The molecule has 1 aromatic heterocycles. The van der Waals surface area contributed by atoms with E-state index in [1.54, 1.807) is 24.6 Å². The molecule has 0 bridgehead atoms. The van der Waals surface area contributed by atoms with Gasteiger partial charge in [0.2, 0.25) is 0 Å². The lowest BCUT2D eigenvalue weighted by Crippen LogP contribution is -2.26. The average Bonchev–Trinajstić information content (AvgIpc) is 2.80. The van der Waals surface area contributed by atoms with E-state index in [0.29, 0.717) is 27.4 Å². The van der Waals surface area contributed by atoms with Gasteiger partial charge in [-0.3, -0.25) is 4.79 Å². The first-order valence-electron chi connectivity index (χ1n) is 5.38. The number of benzene rings is 1. The molecule has 0 atom stereocenters. The van der Waals surface area contributed by atoms with Crippen molar-refractivity contribution in [1.29, 1.82) is 0 Å². The summed E-state index contributed by atoms with van der Waals surface area (Å²) >= 11 is 13.3. The van der Waals surface area contributed by atoms with Crippen LogP contribution >= 0.6 is 34.5 Å². The highest BCUT2D eigenvalue weighted by Gasteiger charge is 2.16. The van der Waals surface area contributed by atoms with Crippen molar-refractivity contribution in [1.82, 2.24) is 9.88 Å². The molecular formula is C12H11Cl2N3OS. The molecule has 0 spiro atoms. The first-order valence-corrected chi connectivity index (χ1v) is 7.02. The third-order valence-electron chi connectivity index (χ3n) is 2.53. The molecular weight excluding hydrogens is 305 g/mol. The molecule has 0 saturated heterocycles. The van der Waals surface area contributed by atoms with Crippen LogP contribution in [0.15, 0.2) is 23.6 Å². The highest BCUT2D eigenvalue weighted by molar-refractivity contribution is 7.13. The molecule has 0 aliphatic heterocycles. The van der Waals surface area contributed by atoms with Crippen molar-refractivity contribution < 1.29 is 4.79 Å². The maximum atomic E-state index is 12.1. The van der Waals surface area contributed by atoms with Crippen molar-refractivity contribution in [3.63, 3.8) is 0 Å². The summed E-state index contributed by atoms with van der Waals surface area (Å²) in [5.41, 5.74) is 6.63. The van der Waals surface area contributed by atoms with Crippen LogP contribution in [0.4, 0.5) is 5.13 Å². The maximum absolute atomic E-state index is 12.1. The van der Waals surface area contributed by atoms with Crippen LogP contribution in [0.3, 0.4) is 0 Å². The van der Waals surface area contributed by atoms with Gasteiger partial charge in [-0.1, -0.05) is 35.3 Å². The number of amides is 1. The Balaban J connectivity index is 2.15. The monoisotopic (exact) mass is 315 g/mol. The molecule has 4 nitrogen and oxygen atoms in total. The molecule has 0 saturated carbocycles. The van der Waals surface area contributed by atoms with Gasteiger partial charge in [-0.05, 0) is 11.6 Å². The summed E-state index contributed by atoms with van der Waals surface area (Å²) in [4.78, 5) is 17.6. The lowest BCUT2D eigenvalue weighted by atomic mass is 10.2. The van der Waals surface area contributed by atoms with E-state index >= 15 is 0 Å². The Morgan fingerprint density at radius 3 is 2.84 bits per heavy atom. The fourth-order valence-corrected chi connectivity index (χ4v) is 2.50. The van der Waals surface area contributed by atoms with Crippen LogP contribution in [0.1, 0.15) is 16.1 Å². The van der Waals surface area contributed by atoms with E-state index in [9.17, 15) is 4.79 Å². The van der Waals surface area contributed by atoms with Crippen molar-refractivity contribution in [2.45, 2.75) is 6.54 Å². The van der Waals surface area contributed by atoms with Gasteiger partial charge < -0.3 is 10.6 Å². The normalized spacial score (nSPS) is 10.5. The van der Waals surface area contributed by atoms with Crippen LogP contribution < -0.4 is 5.73 Å². The fourth-order valence-electron chi connectivity index (χ4n) is 1.58. The highest BCUT2D eigenvalue weighted by atomic mass is 35.5. The number of hydrogen-bond acceptors (Lipinski definition) is 4. The first-order chi connectivity index (χ1) is 8.99. The zero-order valence-electron chi connectivity index (χ0n) is 10.1. The second kappa shape index (κ2) is 5.77. The van der Waals surface area contributed by atoms with E-state index in [0.717, 1.165) is 5.56 Å². The van der Waals surface area contributed by atoms with E-state index in [1.165, 1.54) is 16.2 Å². The van der Waals surface area contributed by atoms with E-state index < -0.39 is 0 Å². The number of nitrogens with two attached hydrogens (primary N) is 1. The van der Waals surface area contributed by atoms with Gasteiger partial charge >= 0.3 is 0 Å². The van der Waals surface area contributed by atoms with Crippen LogP contribution in [-0.2, 0) is 6.54 Å². The molecule has 19 heavy (non-hydrogen) atoms. The van der Waals surface area contributed by atoms with E-state index in [1.807, 2.05) is 6.07 Å². The van der Waals surface area contributed by atoms with Gasteiger partial charge in [0.1, 0.15) is 5.69 Å². The predicted molar refractivity (Wildman–Crippen MR) is 78.8 cm³/mol. The van der Waals surface area contributed by atoms with Gasteiger partial charge in [-0.2, -0.15) is 0 Å². The number of nitrogens with zero attached hydrogens (tertiary/aromatic N) is 2. The Hall–Kier alpha value is -1.30. The number of nitrogen functional groups attached to an aromatic ring is 1. The lowest BCUT2D eigenvalue weighted by Gasteiger charge is -2.17. The Morgan fingerprint density at radius 2 is 2.21 bits per heavy atom. The molecule has 2 N–H and O–H groups in total. The van der Waals surface area contributed by atoms with E-state index in [2.05, 4.69) is 4.98 Å². The molecule has 1 aromatic carbocycles. The van der Waals surface area contributed by atoms with Crippen molar-refractivity contribution in [3.05, 3.63) is 44.9 Å². The van der Waals surface area contributed by atoms with Gasteiger partial charge in [-0.25, -0.2) is 4.98 Å². The average molecular weight is 316 g/mol. The van der Waals surface area contributed by atoms with Gasteiger partial charge in [0.05, 0.1) is 10.0 Å². The van der Waals surface area contributed by atoms with Crippen molar-refractivity contribution in [3.8, 4) is 0 Å². The SMILES string of the molecule is CN(Cc1cccc(Cl)c1Cl)C(=O)c1csc(N)n1. The van der Waals surface area contributed by atoms with Gasteiger partial charge in [0.15, 0.2) is 5.13 Å². The van der Waals surface area contributed by atoms with Crippen molar-refractivity contribution in [2.24, 2.45) is 0 Å². The predicted octanol–water partition coefficient (Wildman–Crippen LogP) is 3.30. The molecule has 2 rings (SSSR count). The summed E-state index contributed by atoms with van der Waals surface area (Å²) in [7, 11) is 1.68. The number of hydrogen-bond donors (Lipinski definition) is 1. The van der Waals surface area contributed by atoms with Crippen molar-refractivity contribution in [2.75, 3.05) is 12.8 Å². The number of rotatable bonds is 3. The minimum Gasteiger partial charge on any atom is -0.375 e. The smallest absolute Gasteiger partial charge is 0.273 e. The summed E-state index contributed by atoms with van der Waals surface area (Å²) in [6, 6.07) is 5.33. The molecule has 100 valence electrons. The molecule has 0 aliphatic rings. The molecule has 0 unspecified atom stereocenters. The fraction of sp³-hybridized carbons (Fsp3) is 0.167. The number of halogens is 2. The summed E-state index contributed by atoms with van der Waals surface area (Å²) in [6.45, 7) is 0.357. The van der Waals surface area contributed by atoms with E-state index in [4.69, 9.17) is 28.9 Å². The van der Waals surface area contributed by atoms with Gasteiger partial charge in [0, 0.05) is 19.0 Å². The zero-order chi connectivity index (χ0) is 14.0. The zero-order valence-corrected chi connectivity index (χ0v) is 12.4. The maximum Gasteiger partial charge on any atom is 0.273 e. The van der Waals surface area contributed by atoms with Crippen LogP contribution in [0.5, 0.6) is 0 Å². The lowest BCUT2D eigenvalue weighted by molar-refractivity contribution is 0.0780. The molecule has 0 aliphatic carbocycles. The Morgan fingerprint density at radius 1 is 1.47 bits per heavy atom. The summed E-state index contributed by atoms with van der Waals surface area (Å²) in [5, 5.41) is 2.94. The molecule has 0 radical (unpaired) electrons. The van der Waals surface area contributed by atoms with Crippen molar-refractivity contribution >= 4 is 45.6 Å². The van der Waals surface area contributed by atoms with E-state index in [-0.39, 0.29) is 5.91 Å². The second-order valence-electron chi connectivity index (χ2n) is 3.95. The largest absolute Gasteiger partial charge is 0.375 e. The molecule has 2 aromatic rings. The summed E-state index contributed by atoms with van der Waals surface area (Å²) < 4.78 is 0. The molecule has 1 amide bonds. The molecule has 7 heteroatoms. The summed E-state index contributed by atoms with van der Waals surface area (Å²) in [6.07, 6.45) is 0. The minimum atomic E-state index is -0.205. The Labute approximate surface area is 124 Å². The highest BCUT2D eigenvalue weighted by Crippen LogP contribution is 2.26. The molecule has 0 fully saturated rings. The number of thiazole rings is 1. The Kier molecular flexibility index (Phi) is 4.29. The standard InChI is InChI=1S/C12H11Cl2N3OS/c1-17(11(18)9-6-19-12(15)16-9)5-7-3-2-4-8(13)10(7)14/h2-4,6H,5H2,1H3,(H2,15,16). The number of carbonyl (C=O) groups is 1. The third kappa shape index (κ3) is 3.18. The van der Waals surface area contributed by atoms with Crippen LogP contribution in [0.2, 0.25) is 10.0 Å². The van der Waals surface area contributed by atoms with Gasteiger partial charge in [0.25, 0.3) is 5.91 Å². The topological polar surface area (TPSA) is 59.2 Å². The van der Waals surface area contributed by atoms with Crippen LogP contribution in [0, 0.1) is 0 Å². The third-order valence-corrected chi connectivity index (χ3v) is 4.06. The molecule has 1 heterocycles. The minimum absolute atomic E-state index is 0.205. The van der Waals surface area contributed by atoms with Gasteiger partial charge in [-0.15, -0.1) is 11.3 Å². The van der Waals surface area contributed by atoms with Crippen LogP contribution in [-0.4, -0.2) is 22.8 Å². The number of anilines is 1. The number of aromatic nitrogens is 1. The second-order valence-corrected chi connectivity index (χ2v) is 5.62. The summed E-state index contributed by atoms with van der Waals surface area (Å²) in [5.74, 6) is -0.205. The number of carbonyl (C=O) groups excluding carboxylic acids is 1. The first kappa shape index (κ1) is 14.1. The Bertz CT molecular complexity index is 615.